The predicted molar refractivity (Wildman–Crippen MR) is 132 cm³/mol. The highest BCUT2D eigenvalue weighted by Crippen LogP contribution is 2.54. The van der Waals surface area contributed by atoms with Crippen LogP contribution in [0.3, 0.4) is 0 Å². The summed E-state index contributed by atoms with van der Waals surface area (Å²) in [5, 5.41) is 57.1. The van der Waals surface area contributed by atoms with Crippen LogP contribution >= 0.6 is 0 Å². The molecule has 1 aromatic carbocycles. The molecule has 8 N–H and O–H groups in total. The molecule has 13 heteroatoms. The lowest BCUT2D eigenvalue weighted by Gasteiger charge is -2.46. The zero-order chi connectivity index (χ0) is 28.7. The SMILES string of the molecule is CC[C@@H](O)C1C(=O)Nc2c(O)c3c(c(F)c2CN1C)CC1C[C@H]2CC(=O)C(C(N)=O)=C(O)[C@@]2(O)C(=O)C1=C3O. The lowest BCUT2D eigenvalue weighted by molar-refractivity contribution is -0.147. The normalized spacial score (nSPS) is 29.7. The minimum Gasteiger partial charge on any atom is -0.508 e. The minimum atomic E-state index is -2.74. The molecular formula is C26H28FN3O9. The molecule has 1 aromatic rings. The molecule has 1 fully saturated rings. The quantitative estimate of drug-likeness (QED) is 0.201. The average molecular weight is 546 g/mol. The van der Waals surface area contributed by atoms with Gasteiger partial charge in [0.15, 0.2) is 17.1 Å². The van der Waals surface area contributed by atoms with Crippen LogP contribution in [0.2, 0.25) is 0 Å². The van der Waals surface area contributed by atoms with E-state index in [-0.39, 0.29) is 42.6 Å². The van der Waals surface area contributed by atoms with Crippen molar-refractivity contribution in [3.63, 3.8) is 0 Å². The van der Waals surface area contributed by atoms with E-state index in [1.807, 2.05) is 0 Å². The molecule has 1 aliphatic heterocycles. The number of nitrogens with one attached hydrogen (secondary N) is 1. The number of hydrogen-bond acceptors (Lipinski definition) is 10. The maximum atomic E-state index is 16.0. The molecular weight excluding hydrogens is 517 g/mol. The van der Waals surface area contributed by atoms with Gasteiger partial charge in [0.1, 0.15) is 29.0 Å². The van der Waals surface area contributed by atoms with Crippen molar-refractivity contribution in [2.45, 2.75) is 56.9 Å². The Bertz CT molecular complexity index is 1430. The van der Waals surface area contributed by atoms with Gasteiger partial charge in [-0.05, 0) is 32.2 Å². The highest BCUT2D eigenvalue weighted by atomic mass is 19.1. The number of rotatable bonds is 3. The van der Waals surface area contributed by atoms with Crippen LogP contribution in [0.25, 0.3) is 5.76 Å². The Kier molecular flexibility index (Phi) is 6.09. The molecule has 5 atom stereocenters. The second-order valence-corrected chi connectivity index (χ2v) is 10.6. The molecule has 3 aliphatic carbocycles. The third-order valence-corrected chi connectivity index (χ3v) is 8.45. The van der Waals surface area contributed by atoms with Gasteiger partial charge in [0.2, 0.25) is 11.7 Å². The molecule has 1 heterocycles. The van der Waals surface area contributed by atoms with Crippen molar-refractivity contribution in [3.05, 3.63) is 39.4 Å². The molecule has 0 saturated heterocycles. The maximum Gasteiger partial charge on any atom is 0.255 e. The highest BCUT2D eigenvalue weighted by molar-refractivity contribution is 6.22. The number of halogens is 1. The molecule has 0 aromatic heterocycles. The molecule has 2 unspecified atom stereocenters. The van der Waals surface area contributed by atoms with Crippen molar-refractivity contribution in [3.8, 4) is 5.75 Å². The number of carbonyl (C=O) groups is 4. The monoisotopic (exact) mass is 545 g/mol. The first-order valence-corrected chi connectivity index (χ1v) is 12.5. The van der Waals surface area contributed by atoms with Crippen molar-refractivity contribution in [1.29, 1.82) is 0 Å². The number of aliphatic hydroxyl groups is 4. The number of nitrogens with zero attached hydrogens (tertiary/aromatic N) is 1. The van der Waals surface area contributed by atoms with Crippen LogP contribution in [0.4, 0.5) is 10.1 Å². The summed E-state index contributed by atoms with van der Waals surface area (Å²) in [6, 6.07) is -1.06. The minimum absolute atomic E-state index is 0.0812. The van der Waals surface area contributed by atoms with Gasteiger partial charge in [-0.3, -0.25) is 24.1 Å². The number of ketones is 2. The second kappa shape index (κ2) is 8.86. The number of anilines is 1. The molecule has 0 spiro atoms. The molecule has 5 rings (SSSR count). The van der Waals surface area contributed by atoms with Gasteiger partial charge >= 0.3 is 0 Å². The molecule has 4 aliphatic rings. The van der Waals surface area contributed by atoms with Crippen LogP contribution in [-0.2, 0) is 32.1 Å². The van der Waals surface area contributed by atoms with E-state index < -0.39 is 99.2 Å². The summed E-state index contributed by atoms with van der Waals surface area (Å²) in [5.74, 6) is -9.81. The highest BCUT2D eigenvalue weighted by Gasteiger charge is 2.60. The Morgan fingerprint density at radius 1 is 1.21 bits per heavy atom. The first kappa shape index (κ1) is 26.8. The number of primary amides is 1. The summed E-state index contributed by atoms with van der Waals surface area (Å²) in [4.78, 5) is 52.2. The van der Waals surface area contributed by atoms with Gasteiger partial charge in [0.05, 0.1) is 17.4 Å². The van der Waals surface area contributed by atoms with E-state index in [1.54, 1.807) is 6.92 Å². The largest absolute Gasteiger partial charge is 0.508 e. The van der Waals surface area contributed by atoms with E-state index in [0.29, 0.717) is 0 Å². The number of likely N-dealkylation sites (N-methyl/N-ethyl adjacent to an activating group) is 1. The van der Waals surface area contributed by atoms with Crippen LogP contribution < -0.4 is 11.1 Å². The standard InChI is InChI=1S/C26H28FN3O9/c1-3-12(31)19-25(38)29-18-11(7-30(19)2)17(27)10-5-8-4-9-6-13(32)16(24(28)37)23(36)26(9,39)22(35)14(8)20(33)15(10)21(18)34/h8-9,12,19,31,33-34,36,39H,3-7H2,1-2H3,(H2,28,37)(H,29,38)/t8?,9-,12+,19?,26-/m0/s1. The van der Waals surface area contributed by atoms with Crippen LogP contribution in [0.1, 0.15) is 42.9 Å². The zero-order valence-electron chi connectivity index (χ0n) is 21.1. The lowest BCUT2D eigenvalue weighted by atomic mass is 9.59. The summed E-state index contributed by atoms with van der Waals surface area (Å²) < 4.78 is 16.0. The molecule has 0 radical (unpaired) electrons. The van der Waals surface area contributed by atoms with Crippen LogP contribution in [0.5, 0.6) is 5.75 Å². The molecule has 12 nitrogen and oxygen atoms in total. The van der Waals surface area contributed by atoms with Crippen molar-refractivity contribution in [2.24, 2.45) is 17.6 Å². The number of aliphatic hydroxyl groups excluding tert-OH is 3. The van der Waals surface area contributed by atoms with Gasteiger partial charge in [-0.1, -0.05) is 6.92 Å². The topological polar surface area (TPSA) is 211 Å². The van der Waals surface area contributed by atoms with Gasteiger partial charge in [0, 0.05) is 35.6 Å². The van der Waals surface area contributed by atoms with Crippen molar-refractivity contribution in [2.75, 3.05) is 12.4 Å². The van der Waals surface area contributed by atoms with E-state index in [4.69, 9.17) is 5.73 Å². The molecule has 1 saturated carbocycles. The third kappa shape index (κ3) is 3.53. The number of aromatic hydroxyl groups is 1. The fourth-order valence-corrected chi connectivity index (χ4v) is 6.49. The van der Waals surface area contributed by atoms with Crippen molar-refractivity contribution >= 4 is 34.8 Å². The predicted octanol–water partition coefficient (Wildman–Crippen LogP) is 0.0864. The number of carbonyl (C=O) groups excluding carboxylic acids is 4. The third-order valence-electron chi connectivity index (χ3n) is 8.45. The summed E-state index contributed by atoms with van der Waals surface area (Å²) in [6.07, 6.45) is -1.69. The van der Waals surface area contributed by atoms with Gasteiger partial charge in [-0.2, -0.15) is 0 Å². The summed E-state index contributed by atoms with van der Waals surface area (Å²) >= 11 is 0. The first-order chi connectivity index (χ1) is 18.2. The number of phenolic OH excluding ortho intramolecular Hbond substituents is 1. The van der Waals surface area contributed by atoms with Crippen LogP contribution in [0.15, 0.2) is 16.9 Å². The van der Waals surface area contributed by atoms with Gasteiger partial charge < -0.3 is 36.6 Å². The summed E-state index contributed by atoms with van der Waals surface area (Å²) in [5.41, 5.74) is 0.102. The Morgan fingerprint density at radius 3 is 2.49 bits per heavy atom. The number of fused-ring (bicyclic) bond motifs is 4. The number of hydrogen-bond donors (Lipinski definition) is 7. The number of Topliss-reactive ketones (excluding diaryl/α,β-unsaturated/α-hetero) is 2. The van der Waals surface area contributed by atoms with E-state index in [0.717, 1.165) is 0 Å². The number of benzene rings is 1. The first-order valence-electron chi connectivity index (χ1n) is 12.5. The number of phenols is 1. The second-order valence-electron chi connectivity index (χ2n) is 10.6. The van der Waals surface area contributed by atoms with E-state index in [2.05, 4.69) is 5.32 Å². The Labute approximate surface area is 221 Å². The van der Waals surface area contributed by atoms with E-state index in [1.165, 1.54) is 11.9 Å². The fraction of sp³-hybridized carbons (Fsp3) is 0.462. The Morgan fingerprint density at radius 2 is 1.87 bits per heavy atom. The number of nitrogens with two attached hydrogens (primary N) is 1. The molecule has 208 valence electrons. The van der Waals surface area contributed by atoms with Gasteiger partial charge in [-0.25, -0.2) is 4.39 Å². The Balaban J connectivity index is 1.68. The van der Waals surface area contributed by atoms with Crippen LogP contribution in [-0.4, -0.2) is 78.6 Å². The average Bonchev–Trinajstić information content (AvgIpc) is 2.99. The van der Waals surface area contributed by atoms with Crippen molar-refractivity contribution in [1.82, 2.24) is 4.90 Å². The van der Waals surface area contributed by atoms with E-state index in [9.17, 15) is 44.7 Å². The zero-order valence-corrected chi connectivity index (χ0v) is 21.1. The smallest absolute Gasteiger partial charge is 0.255 e. The Hall–Kier alpha value is -3.81. The molecule has 0 bridgehead atoms. The summed E-state index contributed by atoms with van der Waals surface area (Å²) in [6.45, 7) is 1.50. The van der Waals surface area contributed by atoms with Crippen molar-refractivity contribution < 1.29 is 49.1 Å². The van der Waals surface area contributed by atoms with Gasteiger partial charge in [-0.15, -0.1) is 0 Å². The molecule has 2 amide bonds. The van der Waals surface area contributed by atoms with E-state index >= 15 is 4.39 Å². The molecule has 39 heavy (non-hydrogen) atoms. The summed E-state index contributed by atoms with van der Waals surface area (Å²) in [7, 11) is 1.52. The lowest BCUT2D eigenvalue weighted by Crippen LogP contribution is -2.58. The fourth-order valence-electron chi connectivity index (χ4n) is 6.49. The maximum absolute atomic E-state index is 16.0. The number of amides is 2. The van der Waals surface area contributed by atoms with Gasteiger partial charge in [0.25, 0.3) is 5.91 Å². The van der Waals surface area contributed by atoms with Crippen LogP contribution in [0, 0.1) is 17.7 Å².